The molecule has 20 heavy (non-hydrogen) atoms. The summed E-state index contributed by atoms with van der Waals surface area (Å²) < 4.78 is 14.2. The molecule has 3 rings (SSSR count). The van der Waals surface area contributed by atoms with E-state index in [9.17, 15) is 4.39 Å². The fourth-order valence-electron chi connectivity index (χ4n) is 3.04. The van der Waals surface area contributed by atoms with E-state index in [0.29, 0.717) is 11.7 Å². The Bertz CT molecular complexity index is 463. The molecule has 1 saturated heterocycles. The summed E-state index contributed by atoms with van der Waals surface area (Å²) in [5, 5.41) is 0. The molecule has 0 atom stereocenters. The third-order valence-electron chi connectivity index (χ3n) is 4.71. The summed E-state index contributed by atoms with van der Waals surface area (Å²) >= 11 is 0. The average molecular weight is 277 g/mol. The van der Waals surface area contributed by atoms with Gasteiger partial charge in [0.15, 0.2) is 11.6 Å². The number of nitrogens with zero attached hydrogens (tertiary/aromatic N) is 3. The van der Waals surface area contributed by atoms with E-state index in [-0.39, 0.29) is 5.82 Å². The molecule has 0 aromatic carbocycles. The lowest BCUT2D eigenvalue weighted by Crippen LogP contribution is -2.52. The molecule has 1 aromatic heterocycles. The Hall–Kier alpha value is -1.16. The maximum atomic E-state index is 14.2. The highest BCUT2D eigenvalue weighted by Crippen LogP contribution is 2.27. The van der Waals surface area contributed by atoms with E-state index < -0.39 is 0 Å². The van der Waals surface area contributed by atoms with E-state index in [0.717, 1.165) is 37.8 Å². The van der Waals surface area contributed by atoms with Gasteiger partial charge in [-0.15, -0.1) is 0 Å². The molecular weight excluding hydrogens is 253 g/mol. The van der Waals surface area contributed by atoms with E-state index in [4.69, 9.17) is 0 Å². The van der Waals surface area contributed by atoms with Crippen LogP contribution in [0.1, 0.15) is 44.6 Å². The van der Waals surface area contributed by atoms with Crippen LogP contribution in [0.25, 0.3) is 0 Å². The van der Waals surface area contributed by atoms with Gasteiger partial charge in [0.2, 0.25) is 0 Å². The molecule has 0 N–H and O–H groups in total. The van der Waals surface area contributed by atoms with Crippen LogP contribution < -0.4 is 4.90 Å². The Morgan fingerprint density at radius 3 is 2.40 bits per heavy atom. The quantitative estimate of drug-likeness (QED) is 0.846. The van der Waals surface area contributed by atoms with Crippen molar-refractivity contribution in [2.45, 2.75) is 45.1 Å². The molecule has 1 aliphatic heterocycles. The zero-order chi connectivity index (χ0) is 14.1. The van der Waals surface area contributed by atoms with Gasteiger partial charge in [0.25, 0.3) is 0 Å². The molecule has 4 heteroatoms. The number of halogens is 1. The van der Waals surface area contributed by atoms with Gasteiger partial charge in [-0.05, 0) is 30.4 Å². The van der Waals surface area contributed by atoms with Crippen molar-refractivity contribution in [2.24, 2.45) is 0 Å². The molecule has 3 nitrogen and oxygen atoms in total. The first-order valence-electron chi connectivity index (χ1n) is 7.79. The minimum absolute atomic E-state index is 0.173. The maximum absolute atomic E-state index is 14.2. The molecule has 2 aliphatic rings. The predicted molar refractivity (Wildman–Crippen MR) is 79.7 cm³/mol. The first kappa shape index (κ1) is 13.8. The van der Waals surface area contributed by atoms with Gasteiger partial charge in [-0.3, -0.25) is 4.90 Å². The van der Waals surface area contributed by atoms with Gasteiger partial charge >= 0.3 is 0 Å². The van der Waals surface area contributed by atoms with Crippen LogP contribution in [0.5, 0.6) is 0 Å². The van der Waals surface area contributed by atoms with E-state index in [1.165, 1.54) is 19.3 Å². The number of hydrogen-bond acceptors (Lipinski definition) is 3. The molecule has 2 heterocycles. The van der Waals surface area contributed by atoms with Crippen LogP contribution in [0.15, 0.2) is 12.3 Å². The van der Waals surface area contributed by atoms with Crippen molar-refractivity contribution in [1.29, 1.82) is 0 Å². The summed E-state index contributed by atoms with van der Waals surface area (Å²) in [6, 6.07) is 2.43. The largest absolute Gasteiger partial charge is 0.352 e. The second kappa shape index (κ2) is 5.68. The highest BCUT2D eigenvalue weighted by molar-refractivity contribution is 5.42. The first-order chi connectivity index (χ1) is 9.65. The second-order valence-electron chi connectivity index (χ2n) is 6.34. The van der Waals surface area contributed by atoms with Crippen LogP contribution in [0, 0.1) is 5.82 Å². The summed E-state index contributed by atoms with van der Waals surface area (Å²) in [6.45, 7) is 7.99. The van der Waals surface area contributed by atoms with Crippen molar-refractivity contribution in [1.82, 2.24) is 9.88 Å². The monoisotopic (exact) mass is 277 g/mol. The summed E-state index contributed by atoms with van der Waals surface area (Å²) in [7, 11) is 0. The lowest BCUT2D eigenvalue weighted by Gasteiger charge is -2.43. The average Bonchev–Trinajstić information content (AvgIpc) is 2.37. The zero-order valence-electron chi connectivity index (χ0n) is 12.5. The second-order valence-corrected chi connectivity index (χ2v) is 6.34. The smallest absolute Gasteiger partial charge is 0.165 e. The summed E-state index contributed by atoms with van der Waals surface area (Å²) in [5.41, 5.74) is 0.972. The number of piperazine rings is 1. The van der Waals surface area contributed by atoms with Crippen molar-refractivity contribution in [3.63, 3.8) is 0 Å². The third kappa shape index (κ3) is 2.66. The first-order valence-corrected chi connectivity index (χ1v) is 7.79. The molecular formula is C16H24FN3. The Morgan fingerprint density at radius 1 is 1.20 bits per heavy atom. The van der Waals surface area contributed by atoms with Gasteiger partial charge in [0, 0.05) is 38.4 Å². The topological polar surface area (TPSA) is 19.4 Å². The van der Waals surface area contributed by atoms with Crippen molar-refractivity contribution in [3.8, 4) is 0 Å². The number of pyridine rings is 1. The Labute approximate surface area is 120 Å². The number of anilines is 1. The molecule has 0 spiro atoms. The highest BCUT2D eigenvalue weighted by atomic mass is 19.1. The van der Waals surface area contributed by atoms with E-state index in [1.54, 1.807) is 6.07 Å². The number of aromatic nitrogens is 1. The van der Waals surface area contributed by atoms with Gasteiger partial charge in [-0.25, -0.2) is 9.37 Å². The van der Waals surface area contributed by atoms with Gasteiger partial charge in [0.1, 0.15) is 0 Å². The SMILES string of the molecule is CC(C)c1cnc(N2CCN(C3CCC3)CC2)c(F)c1. The number of rotatable bonds is 3. The van der Waals surface area contributed by atoms with Crippen LogP contribution in [0.2, 0.25) is 0 Å². The van der Waals surface area contributed by atoms with Crippen LogP contribution in [-0.2, 0) is 0 Å². The van der Waals surface area contributed by atoms with Gasteiger partial charge < -0.3 is 4.90 Å². The summed E-state index contributed by atoms with van der Waals surface area (Å²) in [6.07, 6.45) is 5.88. The molecule has 1 saturated carbocycles. The Kier molecular flexibility index (Phi) is 3.92. The highest BCUT2D eigenvalue weighted by Gasteiger charge is 2.28. The van der Waals surface area contributed by atoms with Crippen LogP contribution in [-0.4, -0.2) is 42.1 Å². The lowest BCUT2D eigenvalue weighted by molar-refractivity contribution is 0.120. The fourth-order valence-corrected chi connectivity index (χ4v) is 3.04. The van der Waals surface area contributed by atoms with E-state index >= 15 is 0 Å². The number of hydrogen-bond donors (Lipinski definition) is 0. The Balaban J connectivity index is 1.65. The van der Waals surface area contributed by atoms with Crippen molar-refractivity contribution < 1.29 is 4.39 Å². The molecule has 1 aliphatic carbocycles. The Morgan fingerprint density at radius 2 is 1.90 bits per heavy atom. The van der Waals surface area contributed by atoms with Crippen LogP contribution >= 0.6 is 0 Å². The van der Waals surface area contributed by atoms with Crippen molar-refractivity contribution in [2.75, 3.05) is 31.1 Å². The molecule has 110 valence electrons. The minimum Gasteiger partial charge on any atom is -0.352 e. The fraction of sp³-hybridized carbons (Fsp3) is 0.688. The van der Waals surface area contributed by atoms with Gasteiger partial charge in [-0.1, -0.05) is 20.3 Å². The zero-order valence-corrected chi connectivity index (χ0v) is 12.5. The summed E-state index contributed by atoms with van der Waals surface area (Å²) in [4.78, 5) is 9.01. The van der Waals surface area contributed by atoms with Crippen LogP contribution in [0.4, 0.5) is 10.2 Å². The summed E-state index contributed by atoms with van der Waals surface area (Å²) in [5.74, 6) is 0.678. The molecule has 0 radical (unpaired) electrons. The molecule has 1 aromatic rings. The molecule has 2 fully saturated rings. The van der Waals surface area contributed by atoms with Crippen molar-refractivity contribution >= 4 is 5.82 Å². The minimum atomic E-state index is -0.173. The predicted octanol–water partition coefficient (Wildman–Crippen LogP) is 3.02. The third-order valence-corrected chi connectivity index (χ3v) is 4.71. The van der Waals surface area contributed by atoms with Crippen LogP contribution in [0.3, 0.4) is 0 Å². The normalized spacial score (nSPS) is 21.3. The lowest BCUT2D eigenvalue weighted by atomic mass is 9.91. The van der Waals surface area contributed by atoms with E-state index in [1.807, 2.05) is 6.20 Å². The maximum Gasteiger partial charge on any atom is 0.165 e. The van der Waals surface area contributed by atoms with Gasteiger partial charge in [0.05, 0.1) is 0 Å². The van der Waals surface area contributed by atoms with E-state index in [2.05, 4.69) is 28.6 Å². The molecule has 0 bridgehead atoms. The molecule has 0 amide bonds. The molecule has 0 unspecified atom stereocenters. The van der Waals surface area contributed by atoms with Crippen molar-refractivity contribution in [3.05, 3.63) is 23.6 Å². The van der Waals surface area contributed by atoms with Gasteiger partial charge in [-0.2, -0.15) is 0 Å². The standard InChI is InChI=1S/C16H24FN3/c1-12(2)13-10-15(17)16(18-11-13)20-8-6-19(7-9-20)14-4-3-5-14/h10-12,14H,3-9H2,1-2H3.